The maximum absolute atomic E-state index is 2.46. The van der Waals surface area contributed by atoms with Gasteiger partial charge in [-0.1, -0.05) is 0 Å². The SMILES string of the molecule is C1=C2CC3=Cc4ccccc4[CH]3[Ti+2][CH]2c2ccccc21.[Cl-].[Cl-]. The Balaban J connectivity index is 0.000000720. The van der Waals surface area contributed by atoms with Gasteiger partial charge in [-0.3, -0.25) is 0 Å². The minimum Gasteiger partial charge on any atom is -1.00 e. The van der Waals surface area contributed by atoms with Crippen molar-refractivity contribution < 1.29 is 44.0 Å². The van der Waals surface area contributed by atoms with Gasteiger partial charge in [-0.25, -0.2) is 0 Å². The summed E-state index contributed by atoms with van der Waals surface area (Å²) in [5.74, 6) is 0. The zero-order chi connectivity index (χ0) is 13.1. The second-order valence-corrected chi connectivity index (χ2v) is 8.23. The molecule has 0 spiro atoms. The Morgan fingerprint density at radius 2 is 1.14 bits per heavy atom. The molecule has 3 heteroatoms. The fourth-order valence-electron chi connectivity index (χ4n) is 3.88. The summed E-state index contributed by atoms with van der Waals surface area (Å²) in [5, 5.41) is 0. The Morgan fingerprint density at radius 3 is 1.64 bits per heavy atom. The Hall–Kier alpha value is -0.786. The van der Waals surface area contributed by atoms with Crippen LogP contribution in [0.5, 0.6) is 0 Å². The standard InChI is InChI=1S/C19H14.2ClH.Ti/c1-2-6-17-11-14(10-16(17)5-1)9-15-12-18-7-3-4-8-19(18)13-15;;;/h1-8,10-13H,9H2;2*1H;/q;;;+2/p-2. The van der Waals surface area contributed by atoms with E-state index in [1.54, 1.807) is 22.3 Å². The average Bonchev–Trinajstić information content (AvgIpc) is 3.02. The fraction of sp³-hybridized carbons (Fsp3) is 0.158. The molecule has 0 radical (unpaired) electrons. The third-order valence-electron chi connectivity index (χ3n) is 4.78. The Bertz CT molecular complexity index is 726. The molecule has 0 nitrogen and oxygen atoms in total. The van der Waals surface area contributed by atoms with Gasteiger partial charge in [0.25, 0.3) is 0 Å². The summed E-state index contributed by atoms with van der Waals surface area (Å²) >= 11 is -0.0431. The van der Waals surface area contributed by atoms with Crippen molar-refractivity contribution in [3.8, 4) is 0 Å². The van der Waals surface area contributed by atoms with Crippen molar-refractivity contribution in [3.05, 3.63) is 81.9 Å². The van der Waals surface area contributed by atoms with Gasteiger partial charge in [-0.2, -0.15) is 0 Å². The molecule has 2 aliphatic carbocycles. The summed E-state index contributed by atoms with van der Waals surface area (Å²) in [4.78, 5) is 0. The van der Waals surface area contributed by atoms with Gasteiger partial charge in [0.05, 0.1) is 0 Å². The van der Waals surface area contributed by atoms with Crippen molar-refractivity contribution in [2.75, 3.05) is 0 Å². The average molecular weight is 361 g/mol. The number of halogens is 2. The zero-order valence-electron chi connectivity index (χ0n) is 11.9. The molecule has 1 fully saturated rings. The van der Waals surface area contributed by atoms with Crippen LogP contribution in [0, 0.1) is 0 Å². The van der Waals surface area contributed by atoms with Crippen molar-refractivity contribution in [1.82, 2.24) is 0 Å². The zero-order valence-corrected chi connectivity index (χ0v) is 15.0. The number of fused-ring (bicyclic) bond motifs is 6. The van der Waals surface area contributed by atoms with E-state index in [4.69, 9.17) is 0 Å². The summed E-state index contributed by atoms with van der Waals surface area (Å²) in [5.41, 5.74) is 9.52. The van der Waals surface area contributed by atoms with Crippen molar-refractivity contribution in [2.45, 2.75) is 14.9 Å². The van der Waals surface area contributed by atoms with Crippen LogP contribution in [-0.2, 0) is 19.2 Å². The van der Waals surface area contributed by atoms with E-state index in [-0.39, 0.29) is 44.0 Å². The molecule has 0 aromatic heterocycles. The second-order valence-electron chi connectivity index (χ2n) is 5.91. The van der Waals surface area contributed by atoms with Gasteiger partial charge in [0.15, 0.2) is 0 Å². The van der Waals surface area contributed by atoms with E-state index in [0.29, 0.717) is 0 Å². The molecule has 108 valence electrons. The van der Waals surface area contributed by atoms with E-state index in [9.17, 15) is 0 Å². The maximum atomic E-state index is 2.46. The minimum atomic E-state index is -0.0431. The molecule has 0 bridgehead atoms. The van der Waals surface area contributed by atoms with Gasteiger partial charge in [-0.15, -0.1) is 0 Å². The van der Waals surface area contributed by atoms with Crippen molar-refractivity contribution in [1.29, 1.82) is 0 Å². The first-order valence-electron chi connectivity index (χ1n) is 7.25. The fourth-order valence-corrected chi connectivity index (χ4v) is 7.03. The number of benzene rings is 2. The van der Waals surface area contributed by atoms with E-state index >= 15 is 0 Å². The number of hydrogen-bond acceptors (Lipinski definition) is 0. The van der Waals surface area contributed by atoms with Gasteiger partial charge in [0.1, 0.15) is 0 Å². The molecule has 0 N–H and O–H groups in total. The largest absolute Gasteiger partial charge is 1.00 e. The molecular formula is C19H14Cl2Ti. The Morgan fingerprint density at radius 1 is 0.682 bits per heavy atom. The van der Waals surface area contributed by atoms with Gasteiger partial charge in [0.2, 0.25) is 0 Å². The molecule has 1 heterocycles. The van der Waals surface area contributed by atoms with Crippen LogP contribution in [0.25, 0.3) is 12.2 Å². The van der Waals surface area contributed by atoms with Crippen LogP contribution < -0.4 is 24.8 Å². The predicted octanol–water partition coefficient (Wildman–Crippen LogP) is -1.24. The first kappa shape index (κ1) is 16.1. The van der Waals surface area contributed by atoms with E-state index in [0.717, 1.165) is 8.45 Å². The summed E-state index contributed by atoms with van der Waals surface area (Å²) in [6.45, 7) is 0. The Kier molecular flexibility index (Phi) is 4.40. The molecular weight excluding hydrogens is 347 g/mol. The molecule has 0 saturated carbocycles. The van der Waals surface area contributed by atoms with Crippen molar-refractivity contribution in [3.63, 3.8) is 0 Å². The summed E-state index contributed by atoms with van der Waals surface area (Å²) in [6, 6.07) is 18.0. The van der Waals surface area contributed by atoms with Gasteiger partial charge in [-0.05, 0) is 0 Å². The third-order valence-corrected chi connectivity index (χ3v) is 7.95. The summed E-state index contributed by atoms with van der Waals surface area (Å²) in [6.07, 6.45) is 6.12. The quantitative estimate of drug-likeness (QED) is 0.515. The van der Waals surface area contributed by atoms with Gasteiger partial charge in [0, 0.05) is 0 Å². The summed E-state index contributed by atoms with van der Waals surface area (Å²) in [7, 11) is 0. The first-order chi connectivity index (χ1) is 9.90. The smallest absolute Gasteiger partial charge is 1.00 e. The van der Waals surface area contributed by atoms with Crippen LogP contribution in [0.2, 0.25) is 0 Å². The first-order valence-corrected chi connectivity index (χ1v) is 9.05. The molecule has 22 heavy (non-hydrogen) atoms. The molecule has 1 aliphatic heterocycles. The van der Waals surface area contributed by atoms with E-state index in [1.165, 1.54) is 17.5 Å². The molecule has 5 rings (SSSR count). The topological polar surface area (TPSA) is 0 Å². The number of hydrogen-bond donors (Lipinski definition) is 0. The van der Waals surface area contributed by atoms with Crippen molar-refractivity contribution >= 4 is 12.2 Å². The van der Waals surface area contributed by atoms with Crippen LogP contribution in [-0.4, -0.2) is 0 Å². The number of rotatable bonds is 0. The van der Waals surface area contributed by atoms with E-state index in [2.05, 4.69) is 60.7 Å². The molecule has 1 saturated heterocycles. The van der Waals surface area contributed by atoms with E-state index < -0.39 is 0 Å². The Labute approximate surface area is 152 Å². The normalized spacial score (nSPS) is 22.2. The predicted molar refractivity (Wildman–Crippen MR) is 78.9 cm³/mol. The van der Waals surface area contributed by atoms with Crippen LogP contribution in [0.15, 0.2) is 59.7 Å². The minimum absolute atomic E-state index is 0. The molecule has 0 amide bonds. The molecule has 2 unspecified atom stereocenters. The van der Waals surface area contributed by atoms with Crippen LogP contribution in [0.4, 0.5) is 0 Å². The maximum Gasteiger partial charge on any atom is -1.00 e. The monoisotopic (exact) mass is 360 g/mol. The van der Waals surface area contributed by atoms with Crippen molar-refractivity contribution in [2.24, 2.45) is 0 Å². The van der Waals surface area contributed by atoms with E-state index in [1.807, 2.05) is 0 Å². The molecule has 3 aliphatic rings. The molecule has 2 aromatic carbocycles. The van der Waals surface area contributed by atoms with Crippen LogP contribution >= 0.6 is 0 Å². The van der Waals surface area contributed by atoms with Gasteiger partial charge >= 0.3 is 128 Å². The number of allylic oxidation sites excluding steroid dienone is 2. The van der Waals surface area contributed by atoms with Crippen LogP contribution in [0.1, 0.15) is 37.1 Å². The second kappa shape index (κ2) is 6.02. The summed E-state index contributed by atoms with van der Waals surface area (Å²) < 4.78 is 1.55. The molecule has 2 atom stereocenters. The van der Waals surface area contributed by atoms with Gasteiger partial charge < -0.3 is 24.8 Å². The van der Waals surface area contributed by atoms with Crippen LogP contribution in [0.3, 0.4) is 0 Å². The third kappa shape index (κ3) is 2.25. The molecule has 2 aromatic rings.